The van der Waals surface area contributed by atoms with E-state index in [0.717, 1.165) is 10.7 Å². The van der Waals surface area contributed by atoms with E-state index >= 15 is 0 Å². The van der Waals surface area contributed by atoms with Crippen LogP contribution >= 0.6 is 0 Å². The minimum absolute atomic E-state index is 0.0268. The van der Waals surface area contributed by atoms with Gasteiger partial charge in [-0.3, -0.25) is 19.6 Å². The molecule has 2 aliphatic rings. The first kappa shape index (κ1) is 18.7. The van der Waals surface area contributed by atoms with Gasteiger partial charge in [-0.1, -0.05) is 0 Å². The number of carbonyl (C=O) groups is 2. The number of nitrogens with zero attached hydrogens (tertiary/aromatic N) is 4. The number of carbonyl (C=O) groups excluding carboxylic acids is 2. The van der Waals surface area contributed by atoms with Crippen molar-refractivity contribution in [3.63, 3.8) is 0 Å². The number of rotatable bonds is 6. The normalized spacial score (nSPS) is 21.7. The second-order valence-electron chi connectivity index (χ2n) is 6.12. The number of alkyl halides is 2. The fourth-order valence-corrected chi connectivity index (χ4v) is 2.78. The number of halogens is 2. The highest BCUT2D eigenvalue weighted by Gasteiger charge is 2.35. The number of nitrogens with two attached hydrogens (primary N) is 1. The lowest BCUT2D eigenvalue weighted by Gasteiger charge is -2.17. The number of primary amides is 1. The standard InChI is InChI=1S/C16H18F2N6O3/c1-8-4-9(2-3-20-8)16-22-11(7-27-16)15(26)21-10-5-24(6-12(17)18)23-13(10)14(19)25/h2-4,10-12H,5-7H2,1H3,(H2,19,25)(H,21,26). The van der Waals surface area contributed by atoms with Crippen LogP contribution in [0.3, 0.4) is 0 Å². The Balaban J connectivity index is 1.67. The summed E-state index contributed by atoms with van der Waals surface area (Å²) in [4.78, 5) is 32.3. The number of ether oxygens (including phenoxy) is 1. The average molecular weight is 380 g/mol. The Hall–Kier alpha value is -3.11. The lowest BCUT2D eigenvalue weighted by atomic mass is 10.1. The van der Waals surface area contributed by atoms with Crippen molar-refractivity contribution in [2.75, 3.05) is 19.7 Å². The van der Waals surface area contributed by atoms with Crippen molar-refractivity contribution in [2.45, 2.75) is 25.4 Å². The summed E-state index contributed by atoms with van der Waals surface area (Å²) in [5.74, 6) is -1.07. The Bertz CT molecular complexity index is 813. The van der Waals surface area contributed by atoms with Crippen molar-refractivity contribution < 1.29 is 23.1 Å². The molecule has 27 heavy (non-hydrogen) atoms. The molecular formula is C16H18F2N6O3. The van der Waals surface area contributed by atoms with Crippen molar-refractivity contribution in [3.05, 3.63) is 29.6 Å². The molecule has 9 nitrogen and oxygen atoms in total. The van der Waals surface area contributed by atoms with E-state index in [1.54, 1.807) is 18.3 Å². The fraction of sp³-hybridized carbons (Fsp3) is 0.438. The van der Waals surface area contributed by atoms with Crippen LogP contribution in [-0.2, 0) is 14.3 Å². The number of pyridine rings is 1. The Labute approximate surface area is 153 Å². The van der Waals surface area contributed by atoms with Gasteiger partial charge in [0.2, 0.25) is 11.8 Å². The zero-order valence-corrected chi connectivity index (χ0v) is 14.4. The van der Waals surface area contributed by atoms with Gasteiger partial charge in [0.05, 0.1) is 19.1 Å². The summed E-state index contributed by atoms with van der Waals surface area (Å²) in [5.41, 5.74) is 6.53. The summed E-state index contributed by atoms with van der Waals surface area (Å²) in [6.45, 7) is 1.12. The zero-order valence-electron chi connectivity index (χ0n) is 14.4. The van der Waals surface area contributed by atoms with Gasteiger partial charge < -0.3 is 15.8 Å². The SMILES string of the molecule is Cc1cc(C2=NC(C(=O)NC3CN(CC(F)F)N=C3C(N)=O)CO2)ccn1. The van der Waals surface area contributed by atoms with Crippen LogP contribution in [0.2, 0.25) is 0 Å². The minimum Gasteiger partial charge on any atom is -0.475 e. The Kier molecular flexibility index (Phi) is 5.28. The van der Waals surface area contributed by atoms with Gasteiger partial charge in [0.25, 0.3) is 12.3 Å². The monoisotopic (exact) mass is 380 g/mol. The van der Waals surface area contributed by atoms with Gasteiger partial charge in [-0.25, -0.2) is 13.8 Å². The molecule has 2 unspecified atom stereocenters. The average Bonchev–Trinajstić information content (AvgIpc) is 3.21. The topological polar surface area (TPSA) is 122 Å². The van der Waals surface area contributed by atoms with E-state index in [-0.39, 0.29) is 18.9 Å². The molecule has 144 valence electrons. The maximum Gasteiger partial charge on any atom is 0.267 e. The molecule has 3 heterocycles. The van der Waals surface area contributed by atoms with Gasteiger partial charge in [0.1, 0.15) is 12.3 Å². The molecule has 0 fully saturated rings. The van der Waals surface area contributed by atoms with Crippen LogP contribution in [0.1, 0.15) is 11.3 Å². The molecule has 0 aromatic carbocycles. The molecule has 0 spiro atoms. The van der Waals surface area contributed by atoms with Gasteiger partial charge in [-0.2, -0.15) is 5.10 Å². The molecule has 3 rings (SSSR count). The smallest absolute Gasteiger partial charge is 0.267 e. The lowest BCUT2D eigenvalue weighted by molar-refractivity contribution is -0.122. The van der Waals surface area contributed by atoms with Gasteiger partial charge in [0, 0.05) is 17.5 Å². The molecule has 0 saturated carbocycles. The van der Waals surface area contributed by atoms with E-state index < -0.39 is 36.9 Å². The summed E-state index contributed by atoms with van der Waals surface area (Å²) in [5, 5.41) is 7.36. The van der Waals surface area contributed by atoms with E-state index in [1.165, 1.54) is 0 Å². The maximum absolute atomic E-state index is 12.5. The van der Waals surface area contributed by atoms with Gasteiger partial charge >= 0.3 is 0 Å². The van der Waals surface area contributed by atoms with E-state index in [4.69, 9.17) is 10.5 Å². The number of hydrazone groups is 1. The molecule has 0 radical (unpaired) electrons. The highest BCUT2D eigenvalue weighted by atomic mass is 19.3. The fourth-order valence-electron chi connectivity index (χ4n) is 2.78. The number of nitrogens with one attached hydrogen (secondary N) is 1. The molecule has 11 heteroatoms. The van der Waals surface area contributed by atoms with Crippen molar-refractivity contribution in [3.8, 4) is 0 Å². The first-order chi connectivity index (χ1) is 12.8. The summed E-state index contributed by atoms with van der Waals surface area (Å²) < 4.78 is 30.5. The predicted molar refractivity (Wildman–Crippen MR) is 91.4 cm³/mol. The number of amides is 2. The molecule has 1 aromatic heterocycles. The third kappa shape index (κ3) is 4.36. The van der Waals surface area contributed by atoms with Crippen LogP contribution in [0, 0.1) is 6.92 Å². The second kappa shape index (κ2) is 7.64. The first-order valence-corrected chi connectivity index (χ1v) is 8.19. The van der Waals surface area contributed by atoms with Crippen LogP contribution < -0.4 is 11.1 Å². The highest BCUT2D eigenvalue weighted by molar-refractivity contribution is 6.41. The molecule has 2 aliphatic heterocycles. The summed E-state index contributed by atoms with van der Waals surface area (Å²) >= 11 is 0. The van der Waals surface area contributed by atoms with Crippen molar-refractivity contribution in [2.24, 2.45) is 15.8 Å². The van der Waals surface area contributed by atoms with Crippen LogP contribution in [0.15, 0.2) is 28.4 Å². The third-order valence-corrected chi connectivity index (χ3v) is 3.99. The maximum atomic E-state index is 12.5. The molecule has 0 aliphatic carbocycles. The predicted octanol–water partition coefficient (Wildman–Crippen LogP) is -0.558. The van der Waals surface area contributed by atoms with Gasteiger partial charge in [-0.15, -0.1) is 0 Å². The second-order valence-corrected chi connectivity index (χ2v) is 6.12. The van der Waals surface area contributed by atoms with E-state index in [2.05, 4.69) is 20.4 Å². The van der Waals surface area contributed by atoms with Crippen molar-refractivity contribution in [1.29, 1.82) is 0 Å². The Morgan fingerprint density at radius 3 is 2.93 bits per heavy atom. The van der Waals surface area contributed by atoms with Gasteiger partial charge in [-0.05, 0) is 19.1 Å². The number of hydrogen-bond acceptors (Lipinski definition) is 7. The molecule has 1 aromatic rings. The Morgan fingerprint density at radius 1 is 1.48 bits per heavy atom. The minimum atomic E-state index is -2.63. The number of aryl methyl sites for hydroxylation is 1. The summed E-state index contributed by atoms with van der Waals surface area (Å²) in [6.07, 6.45) is -1.02. The van der Waals surface area contributed by atoms with E-state index in [1.807, 2.05) is 6.92 Å². The van der Waals surface area contributed by atoms with E-state index in [9.17, 15) is 18.4 Å². The number of aromatic nitrogens is 1. The first-order valence-electron chi connectivity index (χ1n) is 8.19. The number of aliphatic imine (C=N–C) groups is 1. The van der Waals surface area contributed by atoms with E-state index in [0.29, 0.717) is 11.5 Å². The Morgan fingerprint density at radius 2 is 2.26 bits per heavy atom. The van der Waals surface area contributed by atoms with Crippen molar-refractivity contribution in [1.82, 2.24) is 15.3 Å². The van der Waals surface area contributed by atoms with Crippen LogP contribution in [-0.4, -0.2) is 71.6 Å². The van der Waals surface area contributed by atoms with Crippen LogP contribution in [0.25, 0.3) is 0 Å². The van der Waals surface area contributed by atoms with Gasteiger partial charge in [0.15, 0.2) is 6.04 Å². The molecule has 2 amide bonds. The van der Waals surface area contributed by atoms with Crippen molar-refractivity contribution >= 4 is 23.4 Å². The summed E-state index contributed by atoms with van der Waals surface area (Å²) in [6, 6.07) is 1.78. The van der Waals surface area contributed by atoms with Crippen LogP contribution in [0.4, 0.5) is 8.78 Å². The molecular weight excluding hydrogens is 362 g/mol. The molecule has 0 saturated heterocycles. The lowest BCUT2D eigenvalue weighted by Crippen LogP contribution is -2.49. The molecule has 3 N–H and O–H groups in total. The molecule has 2 atom stereocenters. The third-order valence-electron chi connectivity index (χ3n) is 3.99. The quantitative estimate of drug-likeness (QED) is 0.685. The van der Waals surface area contributed by atoms with Crippen LogP contribution in [0.5, 0.6) is 0 Å². The largest absolute Gasteiger partial charge is 0.475 e. The highest BCUT2D eigenvalue weighted by Crippen LogP contribution is 2.14. The summed E-state index contributed by atoms with van der Waals surface area (Å²) in [7, 11) is 0. The zero-order chi connectivity index (χ0) is 19.6. The number of hydrogen-bond donors (Lipinski definition) is 2. The molecule has 0 bridgehead atoms.